The molecule has 3 aromatic carbocycles. The summed E-state index contributed by atoms with van der Waals surface area (Å²) in [5.74, 6) is 0.406. The van der Waals surface area contributed by atoms with Crippen LogP contribution in [-0.2, 0) is 25.0 Å². The molecule has 4 aromatic rings. The van der Waals surface area contributed by atoms with Crippen molar-refractivity contribution >= 4 is 23.2 Å². The van der Waals surface area contributed by atoms with E-state index in [9.17, 15) is 9.59 Å². The molecule has 1 aliphatic carbocycles. The molecule has 0 unspecified atom stereocenters. The van der Waals surface area contributed by atoms with Crippen molar-refractivity contribution in [3.63, 3.8) is 0 Å². The molecule has 2 heterocycles. The Kier molecular flexibility index (Phi) is 6.96. The van der Waals surface area contributed by atoms with Crippen molar-refractivity contribution in [2.24, 2.45) is 0 Å². The number of carbonyl (C=O) groups excluding carboxylic acids is 1. The van der Waals surface area contributed by atoms with Crippen LogP contribution in [0.15, 0.2) is 89.7 Å². The van der Waals surface area contributed by atoms with Gasteiger partial charge >= 0.3 is 5.56 Å². The van der Waals surface area contributed by atoms with E-state index in [1.165, 1.54) is 5.56 Å². The molecular weight excluding hydrogens is 510 g/mol. The standard InChI is InChI=1S/C32H30ClN3O3/c33-25-15-13-24(14-16-25)32(17-7-8-18-32)21-27-34-30(37)29(39-22-23-9-3-1-4-10-23)28-31(38)35(19-20-36(27)28)26-11-5-2-6-12-26/h1-6,9-16H,7-8,17-22H2. The van der Waals surface area contributed by atoms with E-state index < -0.39 is 5.56 Å². The lowest BCUT2D eigenvalue weighted by Gasteiger charge is -2.35. The van der Waals surface area contributed by atoms with Crippen molar-refractivity contribution in [2.75, 3.05) is 11.4 Å². The highest BCUT2D eigenvalue weighted by molar-refractivity contribution is 6.30. The van der Waals surface area contributed by atoms with E-state index in [-0.39, 0.29) is 29.4 Å². The Morgan fingerprint density at radius 2 is 1.51 bits per heavy atom. The van der Waals surface area contributed by atoms with Crippen LogP contribution >= 0.6 is 11.6 Å². The number of hydrogen-bond donors (Lipinski definition) is 0. The molecule has 1 aliphatic heterocycles. The Morgan fingerprint density at radius 3 is 2.21 bits per heavy atom. The lowest BCUT2D eigenvalue weighted by Crippen LogP contribution is -2.44. The summed E-state index contributed by atoms with van der Waals surface area (Å²) in [4.78, 5) is 33.9. The van der Waals surface area contributed by atoms with E-state index in [0.717, 1.165) is 36.9 Å². The van der Waals surface area contributed by atoms with E-state index in [4.69, 9.17) is 16.3 Å². The number of carbonyl (C=O) groups is 1. The Bertz CT molecular complexity index is 1530. The number of hydrogen-bond acceptors (Lipinski definition) is 4. The number of rotatable bonds is 7. The van der Waals surface area contributed by atoms with Crippen molar-refractivity contribution in [1.29, 1.82) is 0 Å². The van der Waals surface area contributed by atoms with Gasteiger partial charge in [-0.05, 0) is 48.2 Å². The van der Waals surface area contributed by atoms with Crippen molar-refractivity contribution < 1.29 is 9.53 Å². The van der Waals surface area contributed by atoms with Gasteiger partial charge < -0.3 is 14.2 Å². The van der Waals surface area contributed by atoms with Crippen LogP contribution in [0.5, 0.6) is 5.75 Å². The minimum absolute atomic E-state index is 0.0141. The zero-order valence-electron chi connectivity index (χ0n) is 21.7. The quantitative estimate of drug-likeness (QED) is 0.281. The average Bonchev–Trinajstić information content (AvgIpc) is 3.44. The lowest BCUT2D eigenvalue weighted by atomic mass is 9.76. The highest BCUT2D eigenvalue weighted by atomic mass is 35.5. The molecule has 6 rings (SSSR count). The van der Waals surface area contributed by atoms with Gasteiger partial charge in [-0.15, -0.1) is 0 Å². The van der Waals surface area contributed by atoms with Crippen molar-refractivity contribution in [3.8, 4) is 5.75 Å². The summed E-state index contributed by atoms with van der Waals surface area (Å²) < 4.78 is 8.00. The molecule has 0 N–H and O–H groups in total. The number of benzene rings is 3. The zero-order valence-corrected chi connectivity index (χ0v) is 22.4. The van der Waals surface area contributed by atoms with Crippen LogP contribution in [0.2, 0.25) is 5.02 Å². The van der Waals surface area contributed by atoms with E-state index in [0.29, 0.717) is 30.4 Å². The highest BCUT2D eigenvalue weighted by Crippen LogP contribution is 2.44. The zero-order chi connectivity index (χ0) is 26.8. The number of para-hydroxylation sites is 1. The van der Waals surface area contributed by atoms with Gasteiger partial charge in [-0.1, -0.05) is 85.1 Å². The van der Waals surface area contributed by atoms with Crippen LogP contribution in [0.4, 0.5) is 5.69 Å². The maximum atomic E-state index is 14.0. The number of anilines is 1. The first-order chi connectivity index (χ1) is 19.0. The maximum absolute atomic E-state index is 14.0. The smallest absolute Gasteiger partial charge is 0.316 e. The Hall–Kier alpha value is -3.90. The minimum atomic E-state index is -0.500. The van der Waals surface area contributed by atoms with Gasteiger partial charge in [0.25, 0.3) is 5.91 Å². The van der Waals surface area contributed by atoms with Crippen LogP contribution in [0.3, 0.4) is 0 Å². The second-order valence-electron chi connectivity index (χ2n) is 10.4. The average molecular weight is 540 g/mol. The van der Waals surface area contributed by atoms with Gasteiger partial charge in [-0.25, -0.2) is 0 Å². The molecule has 0 radical (unpaired) electrons. The van der Waals surface area contributed by atoms with Gasteiger partial charge in [0.15, 0.2) is 5.69 Å². The third-order valence-corrected chi connectivity index (χ3v) is 8.28. The van der Waals surface area contributed by atoms with Crippen LogP contribution in [0, 0.1) is 0 Å². The number of ether oxygens (including phenoxy) is 1. The lowest BCUT2D eigenvalue weighted by molar-refractivity contribution is 0.0954. The largest absolute Gasteiger partial charge is 0.481 e. The summed E-state index contributed by atoms with van der Waals surface area (Å²) in [5.41, 5.74) is 2.53. The maximum Gasteiger partial charge on any atom is 0.316 e. The molecule has 1 saturated carbocycles. The van der Waals surface area contributed by atoms with Gasteiger partial charge in [-0.2, -0.15) is 4.98 Å². The predicted molar refractivity (Wildman–Crippen MR) is 153 cm³/mol. The van der Waals surface area contributed by atoms with E-state index in [1.807, 2.05) is 77.4 Å². The number of amides is 1. The number of nitrogens with zero attached hydrogens (tertiary/aromatic N) is 3. The fourth-order valence-electron chi connectivity index (χ4n) is 6.04. The van der Waals surface area contributed by atoms with Crippen molar-refractivity contribution in [3.05, 3.63) is 123 Å². The second kappa shape index (κ2) is 10.7. The normalized spacial score (nSPS) is 16.2. The SMILES string of the molecule is O=C1c2c(OCc3ccccc3)c(=O)nc(CC3(c4ccc(Cl)cc4)CCCC3)n2CCN1c1ccccc1. The molecule has 0 saturated heterocycles. The van der Waals surface area contributed by atoms with Crippen molar-refractivity contribution in [1.82, 2.24) is 9.55 Å². The topological polar surface area (TPSA) is 64.4 Å². The molecule has 1 fully saturated rings. The highest BCUT2D eigenvalue weighted by Gasteiger charge is 2.39. The molecule has 1 amide bonds. The molecule has 7 heteroatoms. The summed E-state index contributed by atoms with van der Waals surface area (Å²) in [6, 6.07) is 27.2. The minimum Gasteiger partial charge on any atom is -0.481 e. The van der Waals surface area contributed by atoms with Gasteiger partial charge in [0.05, 0.1) is 0 Å². The molecular formula is C32H30ClN3O3. The summed E-state index contributed by atoms with van der Waals surface area (Å²) in [5, 5.41) is 0.699. The van der Waals surface area contributed by atoms with Gasteiger partial charge in [0.1, 0.15) is 12.4 Å². The fraction of sp³-hybridized carbons (Fsp3) is 0.281. The van der Waals surface area contributed by atoms with Gasteiger partial charge in [0, 0.05) is 35.6 Å². The Balaban J connectivity index is 1.43. The second-order valence-corrected chi connectivity index (χ2v) is 10.8. The Morgan fingerprint density at radius 1 is 0.846 bits per heavy atom. The summed E-state index contributed by atoms with van der Waals surface area (Å²) >= 11 is 6.20. The first kappa shape index (κ1) is 25.4. The van der Waals surface area contributed by atoms with Crippen LogP contribution in [0.25, 0.3) is 0 Å². The summed E-state index contributed by atoms with van der Waals surface area (Å²) in [6.07, 6.45) is 4.79. The first-order valence-electron chi connectivity index (χ1n) is 13.5. The molecule has 2 aliphatic rings. The first-order valence-corrected chi connectivity index (χ1v) is 13.9. The monoisotopic (exact) mass is 539 g/mol. The number of fused-ring (bicyclic) bond motifs is 1. The molecule has 0 atom stereocenters. The third kappa shape index (κ3) is 4.97. The number of halogens is 1. The molecule has 198 valence electrons. The van der Waals surface area contributed by atoms with Crippen LogP contribution in [0.1, 0.15) is 53.1 Å². The molecule has 0 spiro atoms. The molecule has 1 aromatic heterocycles. The predicted octanol–water partition coefficient (Wildman–Crippen LogP) is 6.19. The van der Waals surface area contributed by atoms with E-state index in [2.05, 4.69) is 17.1 Å². The van der Waals surface area contributed by atoms with Gasteiger partial charge in [0.2, 0.25) is 5.75 Å². The van der Waals surface area contributed by atoms with Gasteiger partial charge in [-0.3, -0.25) is 9.59 Å². The molecule has 0 bridgehead atoms. The fourth-order valence-corrected chi connectivity index (χ4v) is 6.16. The summed E-state index contributed by atoms with van der Waals surface area (Å²) in [7, 11) is 0. The summed E-state index contributed by atoms with van der Waals surface area (Å²) in [6.45, 7) is 1.19. The van der Waals surface area contributed by atoms with E-state index in [1.54, 1.807) is 4.90 Å². The third-order valence-electron chi connectivity index (χ3n) is 8.02. The number of aromatic nitrogens is 2. The van der Waals surface area contributed by atoms with Crippen LogP contribution < -0.4 is 15.2 Å². The van der Waals surface area contributed by atoms with E-state index >= 15 is 0 Å². The molecule has 6 nitrogen and oxygen atoms in total. The van der Waals surface area contributed by atoms with Crippen LogP contribution in [-0.4, -0.2) is 22.0 Å². The Labute approximate surface area is 232 Å². The molecule has 39 heavy (non-hydrogen) atoms. The van der Waals surface area contributed by atoms with Crippen molar-refractivity contribution in [2.45, 2.75) is 50.7 Å².